The van der Waals surface area contributed by atoms with E-state index in [1.807, 2.05) is 0 Å². The van der Waals surface area contributed by atoms with Gasteiger partial charge in [0, 0.05) is 6.20 Å². The zero-order valence-electron chi connectivity index (χ0n) is 12.0. The summed E-state index contributed by atoms with van der Waals surface area (Å²) in [5.74, 6) is -0.802. The summed E-state index contributed by atoms with van der Waals surface area (Å²) in [4.78, 5) is 23.6. The summed E-state index contributed by atoms with van der Waals surface area (Å²) in [5, 5.41) is 2.88. The number of ether oxygens (including phenoxy) is 2. The maximum Gasteiger partial charge on any atom is 0.339 e. The predicted molar refractivity (Wildman–Crippen MR) is 71.2 cm³/mol. The number of nitrogens with one attached hydrogen (secondary N) is 1. The molecule has 1 aliphatic rings. The Kier molecular flexibility index (Phi) is 4.75. The monoisotopic (exact) mass is 267 g/mol. The minimum Gasteiger partial charge on any atom is -0.461 e. The molecule has 0 spiro atoms. The highest BCUT2D eigenvalue weighted by Crippen LogP contribution is 2.17. The van der Waals surface area contributed by atoms with Gasteiger partial charge in [-0.1, -0.05) is 0 Å². The van der Waals surface area contributed by atoms with Crippen molar-refractivity contribution in [3.63, 3.8) is 0 Å². The van der Waals surface area contributed by atoms with Gasteiger partial charge in [0.2, 0.25) is 0 Å². The number of dihydropyridines is 1. The normalized spacial score (nSPS) is 21.9. The fourth-order valence-corrected chi connectivity index (χ4v) is 1.45. The standard InChI is InChI=1S/C14H21NO4/c1-9(2)18-12(16)11-6-7-14(5,15-8-11)13(17)19-10(3)4/h6-10,15H,1-5H3/t14-/m1/s1. The zero-order valence-corrected chi connectivity index (χ0v) is 12.0. The van der Waals surface area contributed by atoms with E-state index in [0.717, 1.165) is 0 Å². The lowest BCUT2D eigenvalue weighted by atomic mass is 9.98. The van der Waals surface area contributed by atoms with Gasteiger partial charge in [-0.05, 0) is 46.8 Å². The molecule has 0 aromatic rings. The molecule has 0 fully saturated rings. The molecular formula is C14H21NO4. The molecule has 0 saturated carbocycles. The maximum absolute atomic E-state index is 11.9. The maximum atomic E-state index is 11.9. The van der Waals surface area contributed by atoms with Crippen molar-refractivity contribution in [2.24, 2.45) is 0 Å². The van der Waals surface area contributed by atoms with E-state index in [1.54, 1.807) is 46.8 Å². The largest absolute Gasteiger partial charge is 0.461 e. The Morgan fingerprint density at radius 2 is 1.74 bits per heavy atom. The van der Waals surface area contributed by atoms with Crippen molar-refractivity contribution in [1.82, 2.24) is 5.32 Å². The predicted octanol–water partition coefficient (Wildman–Crippen LogP) is 1.69. The van der Waals surface area contributed by atoms with Gasteiger partial charge in [-0.3, -0.25) is 0 Å². The van der Waals surface area contributed by atoms with Crippen LogP contribution in [0.25, 0.3) is 0 Å². The quantitative estimate of drug-likeness (QED) is 0.785. The third kappa shape index (κ3) is 4.12. The van der Waals surface area contributed by atoms with E-state index in [1.165, 1.54) is 6.20 Å². The van der Waals surface area contributed by atoms with Gasteiger partial charge < -0.3 is 14.8 Å². The molecule has 1 atom stereocenters. The molecule has 0 unspecified atom stereocenters. The Hall–Kier alpha value is -1.78. The summed E-state index contributed by atoms with van der Waals surface area (Å²) in [6.07, 6.45) is 4.29. The summed E-state index contributed by atoms with van der Waals surface area (Å²) in [7, 11) is 0. The number of hydrogen-bond acceptors (Lipinski definition) is 5. The van der Waals surface area contributed by atoms with Crippen LogP contribution in [0.5, 0.6) is 0 Å². The number of carbonyl (C=O) groups is 2. The average Bonchev–Trinajstić information content (AvgIpc) is 2.27. The molecule has 1 heterocycles. The van der Waals surface area contributed by atoms with Gasteiger partial charge in [0.15, 0.2) is 5.54 Å². The first kappa shape index (κ1) is 15.3. The van der Waals surface area contributed by atoms with Crippen LogP contribution in [0.4, 0.5) is 0 Å². The van der Waals surface area contributed by atoms with Crippen molar-refractivity contribution in [3.05, 3.63) is 23.9 Å². The Morgan fingerprint density at radius 1 is 1.16 bits per heavy atom. The second-order valence-corrected chi connectivity index (χ2v) is 5.19. The van der Waals surface area contributed by atoms with E-state index in [4.69, 9.17) is 9.47 Å². The van der Waals surface area contributed by atoms with Crippen LogP contribution >= 0.6 is 0 Å². The van der Waals surface area contributed by atoms with Crippen LogP contribution in [0.15, 0.2) is 23.9 Å². The fourth-order valence-electron chi connectivity index (χ4n) is 1.45. The van der Waals surface area contributed by atoms with E-state index in [0.29, 0.717) is 5.57 Å². The molecule has 0 amide bonds. The van der Waals surface area contributed by atoms with Gasteiger partial charge >= 0.3 is 11.9 Å². The highest BCUT2D eigenvalue weighted by atomic mass is 16.5. The van der Waals surface area contributed by atoms with Crippen LogP contribution in [0.2, 0.25) is 0 Å². The van der Waals surface area contributed by atoms with Crippen molar-refractivity contribution < 1.29 is 19.1 Å². The first-order valence-corrected chi connectivity index (χ1v) is 6.34. The molecule has 0 aromatic heterocycles. The number of carbonyl (C=O) groups excluding carboxylic acids is 2. The van der Waals surface area contributed by atoms with Crippen molar-refractivity contribution in [2.75, 3.05) is 0 Å². The van der Waals surface area contributed by atoms with Gasteiger partial charge in [-0.2, -0.15) is 0 Å². The Bertz CT molecular complexity index is 423. The van der Waals surface area contributed by atoms with E-state index >= 15 is 0 Å². The SMILES string of the molecule is CC(C)OC(=O)C1=CN[C@@](C)(C(=O)OC(C)C)C=C1. The second kappa shape index (κ2) is 5.91. The lowest BCUT2D eigenvalue weighted by molar-refractivity contribution is -0.152. The van der Waals surface area contributed by atoms with Crippen LogP contribution in [0, 0.1) is 0 Å². The Labute approximate surface area is 113 Å². The van der Waals surface area contributed by atoms with E-state index in [2.05, 4.69) is 5.32 Å². The van der Waals surface area contributed by atoms with Gasteiger partial charge in [-0.15, -0.1) is 0 Å². The molecule has 0 saturated heterocycles. The number of esters is 2. The molecule has 1 aliphatic heterocycles. The molecule has 5 nitrogen and oxygen atoms in total. The van der Waals surface area contributed by atoms with E-state index in [-0.39, 0.29) is 18.2 Å². The molecule has 0 aromatic carbocycles. The molecule has 5 heteroatoms. The molecule has 106 valence electrons. The lowest BCUT2D eigenvalue weighted by Gasteiger charge is -2.28. The topological polar surface area (TPSA) is 64.6 Å². The third-order valence-corrected chi connectivity index (χ3v) is 2.47. The summed E-state index contributed by atoms with van der Waals surface area (Å²) >= 11 is 0. The van der Waals surface area contributed by atoms with Gasteiger partial charge in [0.1, 0.15) is 0 Å². The van der Waals surface area contributed by atoms with Gasteiger partial charge in [0.05, 0.1) is 17.8 Å². The zero-order chi connectivity index (χ0) is 14.6. The van der Waals surface area contributed by atoms with Crippen molar-refractivity contribution in [1.29, 1.82) is 0 Å². The molecule has 0 aliphatic carbocycles. The van der Waals surface area contributed by atoms with Crippen LogP contribution < -0.4 is 5.32 Å². The summed E-state index contributed by atoms with van der Waals surface area (Å²) in [6, 6.07) is 0. The average molecular weight is 267 g/mol. The first-order valence-electron chi connectivity index (χ1n) is 6.34. The lowest BCUT2D eigenvalue weighted by Crippen LogP contribution is -2.48. The van der Waals surface area contributed by atoms with Gasteiger partial charge in [0.25, 0.3) is 0 Å². The van der Waals surface area contributed by atoms with Crippen LogP contribution in [-0.2, 0) is 19.1 Å². The first-order chi connectivity index (χ1) is 8.74. The molecule has 19 heavy (non-hydrogen) atoms. The third-order valence-electron chi connectivity index (χ3n) is 2.47. The molecule has 0 radical (unpaired) electrons. The Balaban J connectivity index is 2.70. The van der Waals surface area contributed by atoms with Crippen LogP contribution in [-0.4, -0.2) is 29.7 Å². The van der Waals surface area contributed by atoms with Crippen molar-refractivity contribution in [2.45, 2.75) is 52.4 Å². The Morgan fingerprint density at radius 3 is 2.16 bits per heavy atom. The van der Waals surface area contributed by atoms with Crippen molar-refractivity contribution >= 4 is 11.9 Å². The van der Waals surface area contributed by atoms with Crippen molar-refractivity contribution in [3.8, 4) is 0 Å². The van der Waals surface area contributed by atoms with Gasteiger partial charge in [-0.25, -0.2) is 9.59 Å². The summed E-state index contributed by atoms with van der Waals surface area (Å²) in [5.41, 5.74) is -0.574. The fraction of sp³-hybridized carbons (Fsp3) is 0.571. The highest BCUT2D eigenvalue weighted by molar-refractivity contribution is 5.93. The minimum absolute atomic E-state index is 0.180. The smallest absolute Gasteiger partial charge is 0.339 e. The molecule has 1 N–H and O–H groups in total. The highest BCUT2D eigenvalue weighted by Gasteiger charge is 2.34. The van der Waals surface area contributed by atoms with E-state index in [9.17, 15) is 9.59 Å². The van der Waals surface area contributed by atoms with E-state index < -0.39 is 11.5 Å². The molecular weight excluding hydrogens is 246 g/mol. The minimum atomic E-state index is -0.952. The molecule has 1 rings (SSSR count). The van der Waals surface area contributed by atoms with Crippen LogP contribution in [0.1, 0.15) is 34.6 Å². The number of hydrogen-bond donors (Lipinski definition) is 1. The summed E-state index contributed by atoms with van der Waals surface area (Å²) < 4.78 is 10.2. The number of rotatable bonds is 4. The second-order valence-electron chi connectivity index (χ2n) is 5.19. The molecule has 0 bridgehead atoms. The van der Waals surface area contributed by atoms with Crippen LogP contribution in [0.3, 0.4) is 0 Å². The summed E-state index contributed by atoms with van der Waals surface area (Å²) in [6.45, 7) is 8.82.